The summed E-state index contributed by atoms with van der Waals surface area (Å²) in [5.41, 5.74) is 4.16. The molecule has 0 atom stereocenters. The van der Waals surface area contributed by atoms with Gasteiger partial charge >= 0.3 is 6.18 Å². The molecule has 1 fully saturated rings. The van der Waals surface area contributed by atoms with E-state index in [2.05, 4.69) is 4.72 Å². The zero-order chi connectivity index (χ0) is 15.6. The maximum Gasteiger partial charge on any atom is 0.402 e. The van der Waals surface area contributed by atoms with Crippen molar-refractivity contribution >= 4 is 16.0 Å². The fourth-order valence-corrected chi connectivity index (χ4v) is 3.41. The van der Waals surface area contributed by atoms with Crippen molar-refractivity contribution < 1.29 is 21.6 Å². The molecule has 118 valence electrons. The van der Waals surface area contributed by atoms with Crippen LogP contribution in [0.5, 0.6) is 0 Å². The Labute approximate surface area is 116 Å². The standard InChI is InChI=1S/C10H19F3N4O2S/c1-7-2-4-9(5-3-7,8(14)15)17-20(18,19)16-6-10(11,12)13/h7,16-17H,2-6H2,1H3,(H3,14,15). The molecule has 0 radical (unpaired) electrons. The molecule has 0 heterocycles. The Bertz CT molecular complexity index is 456. The van der Waals surface area contributed by atoms with E-state index in [4.69, 9.17) is 11.1 Å². The van der Waals surface area contributed by atoms with Crippen LogP contribution in [-0.2, 0) is 10.2 Å². The zero-order valence-corrected chi connectivity index (χ0v) is 11.9. The Morgan fingerprint density at radius 2 is 1.90 bits per heavy atom. The van der Waals surface area contributed by atoms with Crippen LogP contribution < -0.4 is 15.2 Å². The van der Waals surface area contributed by atoms with E-state index in [9.17, 15) is 21.6 Å². The monoisotopic (exact) mass is 316 g/mol. The van der Waals surface area contributed by atoms with E-state index in [-0.39, 0.29) is 5.84 Å². The molecule has 1 aliphatic carbocycles. The second-order valence-corrected chi connectivity index (χ2v) is 6.72. The predicted molar refractivity (Wildman–Crippen MR) is 68.4 cm³/mol. The second-order valence-electron chi connectivity index (χ2n) is 5.22. The number of nitrogens with two attached hydrogens (primary N) is 1. The maximum atomic E-state index is 12.0. The van der Waals surface area contributed by atoms with Crippen LogP contribution in [0.25, 0.3) is 0 Å². The molecule has 0 aliphatic heterocycles. The van der Waals surface area contributed by atoms with Crippen LogP contribution in [0, 0.1) is 11.3 Å². The third kappa shape index (κ3) is 4.91. The minimum absolute atomic E-state index is 0.302. The van der Waals surface area contributed by atoms with E-state index < -0.39 is 28.5 Å². The van der Waals surface area contributed by atoms with Crippen LogP contribution in [0.4, 0.5) is 13.2 Å². The van der Waals surface area contributed by atoms with Crippen LogP contribution in [0.2, 0.25) is 0 Å². The Morgan fingerprint density at radius 3 is 2.30 bits per heavy atom. The van der Waals surface area contributed by atoms with Gasteiger partial charge in [-0.25, -0.2) is 0 Å². The first kappa shape index (κ1) is 17.2. The van der Waals surface area contributed by atoms with Gasteiger partial charge in [0.05, 0.1) is 5.54 Å². The van der Waals surface area contributed by atoms with Gasteiger partial charge in [0, 0.05) is 0 Å². The molecule has 0 unspecified atom stereocenters. The third-order valence-electron chi connectivity index (χ3n) is 3.44. The summed E-state index contributed by atoms with van der Waals surface area (Å²) < 4.78 is 63.0. The lowest BCUT2D eigenvalue weighted by Crippen LogP contribution is -2.61. The normalized spacial score (nSPS) is 28.3. The fraction of sp³-hybridized carbons (Fsp3) is 0.900. The molecule has 1 aliphatic rings. The molecule has 0 amide bonds. The average Bonchev–Trinajstić information content (AvgIpc) is 2.29. The van der Waals surface area contributed by atoms with E-state index in [0.717, 1.165) is 0 Å². The van der Waals surface area contributed by atoms with Crippen molar-refractivity contribution in [1.82, 2.24) is 9.44 Å². The van der Waals surface area contributed by atoms with Crippen LogP contribution in [0.3, 0.4) is 0 Å². The van der Waals surface area contributed by atoms with Gasteiger partial charge in [0.2, 0.25) is 0 Å². The third-order valence-corrected chi connectivity index (χ3v) is 4.62. The summed E-state index contributed by atoms with van der Waals surface area (Å²) in [6.45, 7) is 0.327. The molecular weight excluding hydrogens is 297 g/mol. The lowest BCUT2D eigenvalue weighted by atomic mass is 9.77. The van der Waals surface area contributed by atoms with Crippen LogP contribution in [-0.4, -0.2) is 32.5 Å². The first-order chi connectivity index (χ1) is 8.96. The van der Waals surface area contributed by atoms with Gasteiger partial charge in [-0.05, 0) is 31.6 Å². The average molecular weight is 316 g/mol. The van der Waals surface area contributed by atoms with E-state index in [0.29, 0.717) is 31.6 Å². The smallest absolute Gasteiger partial charge is 0.386 e. The molecule has 0 spiro atoms. The Hall–Kier alpha value is -0.870. The van der Waals surface area contributed by atoms with Gasteiger partial charge in [-0.1, -0.05) is 6.92 Å². The lowest BCUT2D eigenvalue weighted by Gasteiger charge is -2.38. The summed E-state index contributed by atoms with van der Waals surface area (Å²) in [5.74, 6) is -0.00287. The Kier molecular flexibility index (Phi) is 5.03. The first-order valence-electron chi connectivity index (χ1n) is 6.16. The predicted octanol–water partition coefficient (Wildman–Crippen LogP) is 0.858. The van der Waals surface area contributed by atoms with E-state index in [1.165, 1.54) is 4.72 Å². The van der Waals surface area contributed by atoms with Gasteiger partial charge < -0.3 is 5.73 Å². The van der Waals surface area contributed by atoms with Gasteiger partial charge in [0.15, 0.2) is 0 Å². The number of hydrogen-bond donors (Lipinski definition) is 4. The van der Waals surface area contributed by atoms with Gasteiger partial charge in [-0.2, -0.15) is 31.0 Å². The highest BCUT2D eigenvalue weighted by atomic mass is 32.2. The summed E-state index contributed by atoms with van der Waals surface area (Å²) in [7, 11) is -4.38. The molecule has 20 heavy (non-hydrogen) atoms. The zero-order valence-electron chi connectivity index (χ0n) is 11.0. The van der Waals surface area contributed by atoms with E-state index >= 15 is 0 Å². The van der Waals surface area contributed by atoms with Crippen molar-refractivity contribution in [1.29, 1.82) is 5.41 Å². The number of alkyl halides is 3. The largest absolute Gasteiger partial charge is 0.402 e. The fourth-order valence-electron chi connectivity index (χ4n) is 2.15. The lowest BCUT2D eigenvalue weighted by molar-refractivity contribution is -0.121. The molecule has 5 N–H and O–H groups in total. The van der Waals surface area contributed by atoms with Crippen molar-refractivity contribution in [2.24, 2.45) is 11.7 Å². The molecule has 0 saturated heterocycles. The molecular formula is C10H19F3N4O2S. The van der Waals surface area contributed by atoms with Crippen molar-refractivity contribution in [3.8, 4) is 0 Å². The minimum atomic E-state index is -4.64. The highest BCUT2D eigenvalue weighted by Gasteiger charge is 2.41. The highest BCUT2D eigenvalue weighted by molar-refractivity contribution is 7.87. The molecule has 10 heteroatoms. The Morgan fingerprint density at radius 1 is 1.40 bits per heavy atom. The maximum absolute atomic E-state index is 12.0. The van der Waals surface area contributed by atoms with Crippen LogP contribution in [0.1, 0.15) is 32.6 Å². The quantitative estimate of drug-likeness (QED) is 0.446. The number of hydrogen-bond acceptors (Lipinski definition) is 3. The van der Waals surface area contributed by atoms with Crippen molar-refractivity contribution in [2.75, 3.05) is 6.54 Å². The van der Waals surface area contributed by atoms with Crippen LogP contribution in [0.15, 0.2) is 0 Å². The van der Waals surface area contributed by atoms with Gasteiger partial charge in [-0.3, -0.25) is 5.41 Å². The molecule has 0 aromatic heterocycles. The number of nitrogens with one attached hydrogen (secondary N) is 3. The SMILES string of the molecule is CC1CCC(NS(=O)(=O)NCC(F)(F)F)(C(=N)N)CC1. The van der Waals surface area contributed by atoms with Crippen LogP contribution >= 0.6 is 0 Å². The molecule has 1 saturated carbocycles. The minimum Gasteiger partial charge on any atom is -0.386 e. The summed E-state index contributed by atoms with van der Waals surface area (Å²) in [4.78, 5) is 0. The van der Waals surface area contributed by atoms with Gasteiger partial charge in [-0.15, -0.1) is 0 Å². The van der Waals surface area contributed by atoms with Crippen molar-refractivity contribution in [3.05, 3.63) is 0 Å². The molecule has 0 aromatic rings. The molecule has 0 aromatic carbocycles. The van der Waals surface area contributed by atoms with Gasteiger partial charge in [0.25, 0.3) is 10.2 Å². The first-order valence-corrected chi connectivity index (χ1v) is 7.64. The number of rotatable bonds is 5. The Balaban J connectivity index is 2.78. The summed E-state index contributed by atoms with van der Waals surface area (Å²) in [5, 5.41) is 7.54. The molecule has 6 nitrogen and oxygen atoms in total. The van der Waals surface area contributed by atoms with Crippen molar-refractivity contribution in [3.63, 3.8) is 0 Å². The number of halogens is 3. The van der Waals surface area contributed by atoms with E-state index in [1.807, 2.05) is 6.92 Å². The molecule has 0 bridgehead atoms. The summed E-state index contributed by atoms with van der Waals surface area (Å²) in [6, 6.07) is 0. The summed E-state index contributed by atoms with van der Waals surface area (Å²) >= 11 is 0. The molecule has 1 rings (SSSR count). The van der Waals surface area contributed by atoms with Gasteiger partial charge in [0.1, 0.15) is 12.4 Å². The highest BCUT2D eigenvalue weighted by Crippen LogP contribution is 2.32. The topological polar surface area (TPSA) is 108 Å². The second kappa shape index (κ2) is 5.86. The van der Waals surface area contributed by atoms with Crippen molar-refractivity contribution in [2.45, 2.75) is 44.3 Å². The number of amidine groups is 1. The summed E-state index contributed by atoms with van der Waals surface area (Å²) in [6.07, 6.45) is -2.73. The van der Waals surface area contributed by atoms with E-state index in [1.54, 1.807) is 0 Å².